The summed E-state index contributed by atoms with van der Waals surface area (Å²) >= 11 is 0. The molecule has 0 fully saturated rings. The average molecular weight is 316 g/mol. The molecule has 23 heavy (non-hydrogen) atoms. The maximum atomic E-state index is 12.2. The maximum Gasteiger partial charge on any atom is 0.303 e. The Morgan fingerprint density at radius 1 is 1.09 bits per heavy atom. The van der Waals surface area contributed by atoms with Gasteiger partial charge in [0, 0.05) is 29.9 Å². The Bertz CT molecular complexity index is 752. The fraction of sp³-hybridized carbons (Fsp3) is 0.353. The fourth-order valence-corrected chi connectivity index (χ4v) is 2.44. The van der Waals surface area contributed by atoms with Crippen molar-refractivity contribution in [2.75, 3.05) is 6.54 Å². The van der Waals surface area contributed by atoms with E-state index in [1.807, 2.05) is 6.07 Å². The van der Waals surface area contributed by atoms with E-state index in [4.69, 9.17) is 5.11 Å². The van der Waals surface area contributed by atoms with E-state index in [2.05, 4.69) is 10.3 Å². The zero-order valence-electron chi connectivity index (χ0n) is 12.8. The summed E-state index contributed by atoms with van der Waals surface area (Å²) in [6.45, 7) is 0.507. The molecule has 0 saturated heterocycles. The van der Waals surface area contributed by atoms with Crippen molar-refractivity contribution < 1.29 is 14.7 Å². The number of fused-ring (bicyclic) bond motifs is 1. The lowest BCUT2D eigenvalue weighted by atomic mass is 10.1. The van der Waals surface area contributed by atoms with E-state index in [1.165, 1.54) is 6.07 Å². The van der Waals surface area contributed by atoms with Crippen LogP contribution in [0.15, 0.2) is 35.1 Å². The number of unbranched alkanes of at least 4 members (excludes halogenated alkanes) is 3. The monoisotopic (exact) mass is 316 g/mol. The van der Waals surface area contributed by atoms with Gasteiger partial charge in [-0.2, -0.15) is 0 Å². The number of hydrogen-bond donors (Lipinski definition) is 3. The van der Waals surface area contributed by atoms with E-state index in [9.17, 15) is 14.4 Å². The molecule has 6 heteroatoms. The highest BCUT2D eigenvalue weighted by Crippen LogP contribution is 2.14. The Morgan fingerprint density at radius 2 is 1.83 bits per heavy atom. The van der Waals surface area contributed by atoms with Gasteiger partial charge in [-0.05, 0) is 18.9 Å². The molecule has 1 heterocycles. The number of benzene rings is 1. The summed E-state index contributed by atoms with van der Waals surface area (Å²) in [5, 5.41) is 12.1. The van der Waals surface area contributed by atoms with Crippen molar-refractivity contribution in [1.29, 1.82) is 0 Å². The first-order valence-corrected chi connectivity index (χ1v) is 7.70. The van der Waals surface area contributed by atoms with Crippen molar-refractivity contribution in [2.24, 2.45) is 0 Å². The summed E-state index contributed by atoms with van der Waals surface area (Å²) in [6, 6.07) is 8.49. The highest BCUT2D eigenvalue weighted by Gasteiger charge is 2.10. The number of carboxylic acids is 1. The van der Waals surface area contributed by atoms with E-state index in [-0.39, 0.29) is 17.9 Å². The van der Waals surface area contributed by atoms with Crippen LogP contribution in [0.5, 0.6) is 0 Å². The molecule has 0 unspecified atom stereocenters. The SMILES string of the molecule is O=C(O)CCCCCCNC(=O)c1cc(=O)[nH]c2ccccc12. The normalized spacial score (nSPS) is 10.6. The molecule has 0 aliphatic carbocycles. The van der Waals surface area contributed by atoms with Crippen LogP contribution in [0.1, 0.15) is 42.5 Å². The lowest BCUT2D eigenvalue weighted by molar-refractivity contribution is -0.137. The minimum atomic E-state index is -0.778. The molecule has 2 rings (SSSR count). The number of nitrogens with one attached hydrogen (secondary N) is 2. The summed E-state index contributed by atoms with van der Waals surface area (Å²) in [5.74, 6) is -1.04. The second-order valence-corrected chi connectivity index (χ2v) is 5.41. The minimum Gasteiger partial charge on any atom is -0.481 e. The van der Waals surface area contributed by atoms with Gasteiger partial charge < -0.3 is 15.4 Å². The number of rotatable bonds is 8. The number of para-hydroxylation sites is 1. The van der Waals surface area contributed by atoms with Gasteiger partial charge in [-0.1, -0.05) is 31.0 Å². The molecule has 0 saturated carbocycles. The molecule has 0 spiro atoms. The van der Waals surface area contributed by atoms with Crippen LogP contribution in [0.2, 0.25) is 0 Å². The number of aliphatic carboxylic acids is 1. The van der Waals surface area contributed by atoms with Gasteiger partial charge in [-0.3, -0.25) is 14.4 Å². The summed E-state index contributed by atoms with van der Waals surface area (Å²) in [5.41, 5.74) is 0.705. The van der Waals surface area contributed by atoms with Crippen LogP contribution in [0.25, 0.3) is 10.9 Å². The Kier molecular flexibility index (Phi) is 5.91. The zero-order valence-corrected chi connectivity index (χ0v) is 12.8. The van der Waals surface area contributed by atoms with Gasteiger partial charge in [0.2, 0.25) is 5.56 Å². The van der Waals surface area contributed by atoms with Gasteiger partial charge >= 0.3 is 5.97 Å². The molecule has 3 N–H and O–H groups in total. The highest BCUT2D eigenvalue weighted by molar-refractivity contribution is 6.05. The summed E-state index contributed by atoms with van der Waals surface area (Å²) in [7, 11) is 0. The predicted octanol–water partition coefficient (Wildman–Crippen LogP) is 2.29. The number of carbonyl (C=O) groups is 2. The molecule has 0 radical (unpaired) electrons. The smallest absolute Gasteiger partial charge is 0.303 e. The van der Waals surface area contributed by atoms with Gasteiger partial charge in [-0.15, -0.1) is 0 Å². The largest absolute Gasteiger partial charge is 0.481 e. The molecule has 122 valence electrons. The molecular formula is C17H20N2O4. The predicted molar refractivity (Wildman–Crippen MR) is 87.6 cm³/mol. The van der Waals surface area contributed by atoms with Crippen molar-refractivity contribution in [3.05, 3.63) is 46.2 Å². The average Bonchev–Trinajstić information content (AvgIpc) is 2.52. The third-order valence-electron chi connectivity index (χ3n) is 3.60. The van der Waals surface area contributed by atoms with Crippen LogP contribution in [0.3, 0.4) is 0 Å². The quantitative estimate of drug-likeness (QED) is 0.651. The van der Waals surface area contributed by atoms with Crippen molar-refractivity contribution >= 4 is 22.8 Å². The molecule has 1 aromatic carbocycles. The zero-order chi connectivity index (χ0) is 16.7. The van der Waals surface area contributed by atoms with Crippen molar-refractivity contribution in [3.8, 4) is 0 Å². The summed E-state index contributed by atoms with van der Waals surface area (Å²) < 4.78 is 0. The number of carbonyl (C=O) groups excluding carboxylic acids is 1. The molecule has 0 aliphatic rings. The topological polar surface area (TPSA) is 99.3 Å². The van der Waals surface area contributed by atoms with Crippen LogP contribution < -0.4 is 10.9 Å². The van der Waals surface area contributed by atoms with Crippen LogP contribution in [-0.2, 0) is 4.79 Å². The lowest BCUT2D eigenvalue weighted by Crippen LogP contribution is -2.26. The molecule has 0 atom stereocenters. The Morgan fingerprint density at radius 3 is 2.61 bits per heavy atom. The Balaban J connectivity index is 1.87. The van der Waals surface area contributed by atoms with Gasteiger partial charge in [-0.25, -0.2) is 0 Å². The van der Waals surface area contributed by atoms with Crippen LogP contribution in [0.4, 0.5) is 0 Å². The summed E-state index contributed by atoms with van der Waals surface area (Å²) in [4.78, 5) is 37.0. The van der Waals surface area contributed by atoms with Crippen LogP contribution in [-0.4, -0.2) is 28.5 Å². The van der Waals surface area contributed by atoms with E-state index in [0.29, 0.717) is 29.4 Å². The van der Waals surface area contributed by atoms with Gasteiger partial charge in [0.05, 0.1) is 5.56 Å². The number of carboxylic acid groups (broad SMARTS) is 1. The molecule has 0 aliphatic heterocycles. The van der Waals surface area contributed by atoms with E-state index in [0.717, 1.165) is 19.3 Å². The first-order chi connectivity index (χ1) is 11.1. The van der Waals surface area contributed by atoms with Crippen LogP contribution in [0, 0.1) is 0 Å². The lowest BCUT2D eigenvalue weighted by Gasteiger charge is -2.07. The Hall–Kier alpha value is -2.63. The first-order valence-electron chi connectivity index (χ1n) is 7.70. The molecule has 2 aromatic rings. The van der Waals surface area contributed by atoms with E-state index in [1.54, 1.807) is 18.2 Å². The second-order valence-electron chi connectivity index (χ2n) is 5.41. The maximum absolute atomic E-state index is 12.2. The summed E-state index contributed by atoms with van der Waals surface area (Å²) in [6.07, 6.45) is 3.32. The van der Waals surface area contributed by atoms with Gasteiger partial charge in [0.15, 0.2) is 0 Å². The van der Waals surface area contributed by atoms with Gasteiger partial charge in [0.25, 0.3) is 5.91 Å². The number of aromatic nitrogens is 1. The van der Waals surface area contributed by atoms with E-state index < -0.39 is 5.97 Å². The van der Waals surface area contributed by atoms with Crippen molar-refractivity contribution in [2.45, 2.75) is 32.1 Å². The molecule has 1 amide bonds. The molecule has 6 nitrogen and oxygen atoms in total. The minimum absolute atomic E-state index is 0.186. The third-order valence-corrected chi connectivity index (χ3v) is 3.60. The number of hydrogen-bond acceptors (Lipinski definition) is 3. The van der Waals surface area contributed by atoms with Crippen molar-refractivity contribution in [1.82, 2.24) is 10.3 Å². The second kappa shape index (κ2) is 8.12. The highest BCUT2D eigenvalue weighted by atomic mass is 16.4. The number of pyridine rings is 1. The van der Waals surface area contributed by atoms with Gasteiger partial charge in [0.1, 0.15) is 0 Å². The first kappa shape index (κ1) is 16.7. The number of aromatic amines is 1. The molecule has 0 bridgehead atoms. The van der Waals surface area contributed by atoms with Crippen molar-refractivity contribution in [3.63, 3.8) is 0 Å². The Labute approximate surface area is 133 Å². The number of amides is 1. The fourth-order valence-electron chi connectivity index (χ4n) is 2.44. The number of H-pyrrole nitrogens is 1. The van der Waals surface area contributed by atoms with E-state index >= 15 is 0 Å². The van der Waals surface area contributed by atoms with Crippen LogP contribution >= 0.6 is 0 Å². The standard InChI is InChI=1S/C17H20N2O4/c20-15-11-13(12-7-4-5-8-14(12)19-15)17(23)18-10-6-2-1-3-9-16(21)22/h4-5,7-8,11H,1-3,6,9-10H2,(H,18,23)(H,19,20)(H,21,22). The third kappa shape index (κ3) is 4.95. The molecular weight excluding hydrogens is 296 g/mol. The molecule has 1 aromatic heterocycles.